The third-order valence-electron chi connectivity index (χ3n) is 5.10. The molecule has 0 unspecified atom stereocenters. The van der Waals surface area contributed by atoms with Gasteiger partial charge in [-0.05, 0) is 23.7 Å². The Morgan fingerprint density at radius 1 is 1.21 bits per heavy atom. The minimum atomic E-state index is -0.856. The normalized spacial score (nSPS) is 23.8. The molecule has 2 fully saturated rings. The molecule has 0 aliphatic heterocycles. The van der Waals surface area contributed by atoms with Crippen LogP contribution in [0.3, 0.4) is 0 Å². The Morgan fingerprint density at radius 3 is 2.11 bits per heavy atom. The third kappa shape index (κ3) is 2.55. The highest BCUT2D eigenvalue weighted by Crippen LogP contribution is 2.62. The van der Waals surface area contributed by atoms with Crippen molar-refractivity contribution in [2.24, 2.45) is 10.8 Å². The summed E-state index contributed by atoms with van der Waals surface area (Å²) in [5, 5.41) is 11.8. The molecule has 0 aromatic carbocycles. The van der Waals surface area contributed by atoms with Crippen LogP contribution in [0, 0.1) is 10.8 Å². The lowest BCUT2D eigenvalue weighted by atomic mass is 10.0. The van der Waals surface area contributed by atoms with Crippen molar-refractivity contribution < 1.29 is 14.7 Å². The molecule has 5 nitrogen and oxygen atoms in total. The predicted octanol–water partition coefficient (Wildman–Crippen LogP) is 2.07. The number of amides is 2. The summed E-state index contributed by atoms with van der Waals surface area (Å²) >= 11 is 0. The fraction of sp³-hybridized carbons (Fsp3) is 0.857. The smallest absolute Gasteiger partial charge is 0.317 e. The average molecular weight is 268 g/mol. The van der Waals surface area contributed by atoms with Crippen molar-refractivity contribution in [3.63, 3.8) is 0 Å². The van der Waals surface area contributed by atoms with E-state index >= 15 is 0 Å². The molecule has 5 heteroatoms. The van der Waals surface area contributed by atoms with Gasteiger partial charge in [-0.1, -0.05) is 27.7 Å². The maximum absolute atomic E-state index is 12.3. The second-order valence-electron chi connectivity index (χ2n) is 6.89. The van der Waals surface area contributed by atoms with Gasteiger partial charge in [0, 0.05) is 18.6 Å². The average Bonchev–Trinajstić information content (AvgIpc) is 3.15. The van der Waals surface area contributed by atoms with Gasteiger partial charge in [-0.25, -0.2) is 4.79 Å². The van der Waals surface area contributed by atoms with E-state index in [9.17, 15) is 9.59 Å². The Bertz CT molecular complexity index is 385. The van der Waals surface area contributed by atoms with E-state index in [0.717, 1.165) is 12.8 Å². The van der Waals surface area contributed by atoms with Crippen LogP contribution in [0.15, 0.2) is 0 Å². The molecule has 0 heterocycles. The van der Waals surface area contributed by atoms with Crippen LogP contribution in [0.5, 0.6) is 0 Å². The minimum Gasteiger partial charge on any atom is -0.481 e. The monoisotopic (exact) mass is 268 g/mol. The van der Waals surface area contributed by atoms with E-state index in [1.807, 2.05) is 0 Å². The second kappa shape index (κ2) is 4.39. The molecule has 2 rings (SSSR count). The molecule has 0 atom stereocenters. The molecule has 108 valence electrons. The van der Waals surface area contributed by atoms with Crippen molar-refractivity contribution in [2.75, 3.05) is 6.54 Å². The van der Waals surface area contributed by atoms with Crippen LogP contribution < -0.4 is 5.32 Å². The van der Waals surface area contributed by atoms with Crippen LogP contribution in [0.2, 0.25) is 0 Å². The molecule has 2 aliphatic rings. The van der Waals surface area contributed by atoms with Gasteiger partial charge in [-0.3, -0.25) is 4.79 Å². The maximum Gasteiger partial charge on any atom is 0.317 e. The topological polar surface area (TPSA) is 69.6 Å². The molecule has 0 aromatic heterocycles. The van der Waals surface area contributed by atoms with Gasteiger partial charge in [-0.15, -0.1) is 0 Å². The van der Waals surface area contributed by atoms with Gasteiger partial charge in [0.05, 0.1) is 6.42 Å². The van der Waals surface area contributed by atoms with E-state index in [-0.39, 0.29) is 35.4 Å². The highest BCUT2D eigenvalue weighted by atomic mass is 16.4. The largest absolute Gasteiger partial charge is 0.481 e. The summed E-state index contributed by atoms with van der Waals surface area (Å²) in [6, 6.07) is 0.301. The van der Waals surface area contributed by atoms with Crippen LogP contribution in [-0.4, -0.2) is 40.6 Å². The summed E-state index contributed by atoms with van der Waals surface area (Å²) in [7, 11) is 0. The zero-order valence-corrected chi connectivity index (χ0v) is 12.2. The molecule has 19 heavy (non-hydrogen) atoms. The zero-order chi connectivity index (χ0) is 14.4. The number of carboxylic acids is 1. The molecule has 0 radical (unpaired) electrons. The Labute approximate surface area is 114 Å². The Morgan fingerprint density at radius 2 is 1.74 bits per heavy atom. The van der Waals surface area contributed by atoms with Gasteiger partial charge in [0.1, 0.15) is 0 Å². The molecule has 0 aromatic rings. The number of rotatable bonds is 5. The van der Waals surface area contributed by atoms with Crippen LogP contribution in [-0.2, 0) is 4.79 Å². The molecule has 2 saturated carbocycles. The van der Waals surface area contributed by atoms with E-state index in [2.05, 4.69) is 33.0 Å². The number of nitrogens with one attached hydrogen (secondary N) is 1. The van der Waals surface area contributed by atoms with Crippen molar-refractivity contribution >= 4 is 12.0 Å². The first-order valence-corrected chi connectivity index (χ1v) is 6.97. The van der Waals surface area contributed by atoms with Gasteiger partial charge in [0.2, 0.25) is 0 Å². The minimum absolute atomic E-state index is 0.0153. The summed E-state index contributed by atoms with van der Waals surface area (Å²) in [6.45, 7) is 8.90. The SMILES string of the molecule is CC1(C)C(NC(=O)N(CCC(=O)O)C2CC2)C1(C)C. The molecule has 0 spiro atoms. The summed E-state index contributed by atoms with van der Waals surface area (Å²) in [4.78, 5) is 24.6. The fourth-order valence-corrected chi connectivity index (χ4v) is 2.82. The van der Waals surface area contributed by atoms with Crippen molar-refractivity contribution in [3.8, 4) is 0 Å². The lowest BCUT2D eigenvalue weighted by Crippen LogP contribution is -2.44. The summed E-state index contributed by atoms with van der Waals surface area (Å²) in [5.41, 5.74) is 0.204. The number of urea groups is 1. The first-order chi connectivity index (χ1) is 8.68. The summed E-state index contributed by atoms with van der Waals surface area (Å²) in [6.07, 6.45) is 2.00. The second-order valence-corrected chi connectivity index (χ2v) is 6.89. The molecular weight excluding hydrogens is 244 g/mol. The Kier molecular flexibility index (Phi) is 3.27. The van der Waals surface area contributed by atoms with E-state index in [4.69, 9.17) is 5.11 Å². The van der Waals surface area contributed by atoms with Gasteiger partial charge in [0.25, 0.3) is 0 Å². The standard InChI is InChI=1S/C14H24N2O3/c1-13(2)11(14(13,3)4)15-12(19)16(9-5-6-9)8-7-10(17)18/h9,11H,5-8H2,1-4H3,(H,15,19)(H,17,18). The first kappa shape index (κ1) is 14.2. The number of hydrogen-bond donors (Lipinski definition) is 2. The van der Waals surface area contributed by atoms with Crippen LogP contribution in [0.25, 0.3) is 0 Å². The molecule has 2 N–H and O–H groups in total. The number of carbonyl (C=O) groups excluding carboxylic acids is 1. The van der Waals surface area contributed by atoms with E-state index in [1.54, 1.807) is 4.90 Å². The number of nitrogens with zero attached hydrogens (tertiary/aromatic N) is 1. The van der Waals surface area contributed by atoms with Crippen molar-refractivity contribution in [2.45, 2.75) is 59.0 Å². The molecule has 0 saturated heterocycles. The van der Waals surface area contributed by atoms with Gasteiger partial charge < -0.3 is 15.3 Å². The van der Waals surface area contributed by atoms with Crippen molar-refractivity contribution in [1.29, 1.82) is 0 Å². The molecular formula is C14H24N2O3. The maximum atomic E-state index is 12.3. The summed E-state index contributed by atoms with van der Waals surface area (Å²) in [5.74, 6) is -0.856. The lowest BCUT2D eigenvalue weighted by Gasteiger charge is -2.22. The Hall–Kier alpha value is -1.26. The zero-order valence-electron chi connectivity index (χ0n) is 12.2. The highest BCUT2D eigenvalue weighted by Gasteiger charge is 2.65. The van der Waals surface area contributed by atoms with Gasteiger partial charge >= 0.3 is 12.0 Å². The van der Waals surface area contributed by atoms with Crippen molar-refractivity contribution in [1.82, 2.24) is 10.2 Å². The van der Waals surface area contributed by atoms with Crippen LogP contribution in [0.1, 0.15) is 47.0 Å². The first-order valence-electron chi connectivity index (χ1n) is 6.97. The van der Waals surface area contributed by atoms with E-state index in [1.165, 1.54) is 0 Å². The van der Waals surface area contributed by atoms with E-state index in [0.29, 0.717) is 6.54 Å². The number of carboxylic acid groups (broad SMARTS) is 1. The highest BCUT2D eigenvalue weighted by molar-refractivity contribution is 5.77. The molecule has 0 bridgehead atoms. The number of carbonyl (C=O) groups is 2. The number of hydrogen-bond acceptors (Lipinski definition) is 2. The Balaban J connectivity index is 1.92. The molecule has 2 aliphatic carbocycles. The lowest BCUT2D eigenvalue weighted by molar-refractivity contribution is -0.137. The van der Waals surface area contributed by atoms with Gasteiger partial charge in [-0.2, -0.15) is 0 Å². The number of aliphatic carboxylic acids is 1. The van der Waals surface area contributed by atoms with Crippen LogP contribution >= 0.6 is 0 Å². The summed E-state index contributed by atoms with van der Waals surface area (Å²) < 4.78 is 0. The van der Waals surface area contributed by atoms with Gasteiger partial charge in [0.15, 0.2) is 0 Å². The fourth-order valence-electron chi connectivity index (χ4n) is 2.82. The van der Waals surface area contributed by atoms with Crippen LogP contribution in [0.4, 0.5) is 4.79 Å². The quantitative estimate of drug-likeness (QED) is 0.802. The molecule has 2 amide bonds. The van der Waals surface area contributed by atoms with Crippen molar-refractivity contribution in [3.05, 3.63) is 0 Å². The third-order valence-corrected chi connectivity index (χ3v) is 5.10. The van der Waals surface area contributed by atoms with E-state index < -0.39 is 5.97 Å². The predicted molar refractivity (Wildman–Crippen MR) is 71.9 cm³/mol.